The molecule has 8 heteroatoms. The summed E-state index contributed by atoms with van der Waals surface area (Å²) in [5, 5.41) is 4.59. The molecule has 2 aromatic carbocycles. The zero-order valence-corrected chi connectivity index (χ0v) is 22.7. The van der Waals surface area contributed by atoms with Gasteiger partial charge in [0.1, 0.15) is 6.04 Å². The lowest BCUT2D eigenvalue weighted by molar-refractivity contribution is -0.123. The lowest BCUT2D eigenvalue weighted by atomic mass is 10.1. The third-order valence-electron chi connectivity index (χ3n) is 6.34. The SMILES string of the molecule is C=NNC(=O)C(C)n1c(-c2ccc(C)cc2)cc(C(=O)OCC)c1C.CC(=O)n1cc(C)c2ccccc21. The number of esters is 1. The topological polar surface area (TPSA) is 94.7 Å². The van der Waals surface area contributed by atoms with E-state index in [9.17, 15) is 14.4 Å². The van der Waals surface area contributed by atoms with E-state index in [1.54, 1.807) is 38.3 Å². The Morgan fingerprint density at radius 2 is 1.71 bits per heavy atom. The van der Waals surface area contributed by atoms with Gasteiger partial charge in [-0.25, -0.2) is 10.2 Å². The molecule has 1 amide bonds. The monoisotopic (exact) mass is 514 g/mol. The number of ether oxygens (including phenoxy) is 1. The second kappa shape index (κ2) is 12.2. The van der Waals surface area contributed by atoms with Crippen molar-refractivity contribution in [3.8, 4) is 11.3 Å². The third-order valence-corrected chi connectivity index (χ3v) is 6.34. The van der Waals surface area contributed by atoms with Crippen molar-refractivity contribution in [2.75, 3.05) is 6.61 Å². The van der Waals surface area contributed by atoms with Crippen LogP contribution in [0.5, 0.6) is 0 Å². The Morgan fingerprint density at radius 3 is 2.32 bits per heavy atom. The smallest absolute Gasteiger partial charge is 0.339 e. The van der Waals surface area contributed by atoms with Crippen LogP contribution in [-0.4, -0.2) is 40.2 Å². The Kier molecular flexibility index (Phi) is 9.02. The largest absolute Gasteiger partial charge is 0.462 e. The van der Waals surface area contributed by atoms with Crippen molar-refractivity contribution in [3.63, 3.8) is 0 Å². The number of hydrazone groups is 1. The molecule has 1 unspecified atom stereocenters. The molecule has 8 nitrogen and oxygen atoms in total. The number of fused-ring (bicyclic) bond motifs is 1. The van der Waals surface area contributed by atoms with Crippen LogP contribution in [0.4, 0.5) is 0 Å². The van der Waals surface area contributed by atoms with Gasteiger partial charge in [-0.15, -0.1) is 0 Å². The predicted molar refractivity (Wildman–Crippen MR) is 151 cm³/mol. The van der Waals surface area contributed by atoms with Crippen molar-refractivity contribution >= 4 is 35.4 Å². The highest BCUT2D eigenvalue weighted by molar-refractivity contribution is 5.94. The van der Waals surface area contributed by atoms with E-state index in [-0.39, 0.29) is 11.8 Å². The first kappa shape index (κ1) is 28.1. The molecule has 0 aliphatic carbocycles. The van der Waals surface area contributed by atoms with Gasteiger partial charge in [-0.1, -0.05) is 48.0 Å². The molecule has 2 aromatic heterocycles. The molecule has 198 valence electrons. The molecule has 0 radical (unpaired) electrons. The van der Waals surface area contributed by atoms with Crippen LogP contribution in [0.25, 0.3) is 22.2 Å². The van der Waals surface area contributed by atoms with Gasteiger partial charge in [0.05, 0.1) is 17.7 Å². The van der Waals surface area contributed by atoms with Gasteiger partial charge in [-0.05, 0) is 57.9 Å². The summed E-state index contributed by atoms with van der Waals surface area (Å²) < 4.78 is 8.64. The van der Waals surface area contributed by atoms with Gasteiger partial charge in [0, 0.05) is 36.6 Å². The molecule has 4 rings (SSSR count). The van der Waals surface area contributed by atoms with Gasteiger partial charge in [-0.2, -0.15) is 5.10 Å². The second-order valence-corrected chi connectivity index (χ2v) is 9.01. The van der Waals surface area contributed by atoms with Crippen molar-refractivity contribution in [3.05, 3.63) is 83.2 Å². The summed E-state index contributed by atoms with van der Waals surface area (Å²) in [6, 6.07) is 17.0. The molecule has 4 aromatic rings. The number of para-hydroxylation sites is 1. The number of aryl methyl sites for hydroxylation is 2. The number of hydrogen-bond donors (Lipinski definition) is 1. The summed E-state index contributed by atoms with van der Waals surface area (Å²) in [5.74, 6) is -0.650. The van der Waals surface area contributed by atoms with E-state index >= 15 is 0 Å². The van der Waals surface area contributed by atoms with Gasteiger partial charge in [-0.3, -0.25) is 14.2 Å². The lowest BCUT2D eigenvalue weighted by Gasteiger charge is -2.18. The van der Waals surface area contributed by atoms with E-state index in [2.05, 4.69) is 17.2 Å². The summed E-state index contributed by atoms with van der Waals surface area (Å²) in [7, 11) is 0. The Morgan fingerprint density at radius 1 is 1.05 bits per heavy atom. The van der Waals surface area contributed by atoms with Crippen LogP contribution in [0.2, 0.25) is 0 Å². The number of amides is 1. The summed E-state index contributed by atoms with van der Waals surface area (Å²) >= 11 is 0. The number of carbonyl (C=O) groups is 3. The molecule has 1 N–H and O–H groups in total. The second-order valence-electron chi connectivity index (χ2n) is 9.01. The molecule has 0 saturated heterocycles. The zero-order valence-electron chi connectivity index (χ0n) is 22.7. The van der Waals surface area contributed by atoms with Gasteiger partial charge in [0.2, 0.25) is 5.91 Å². The summed E-state index contributed by atoms with van der Waals surface area (Å²) in [6.45, 7) is 14.5. The number of hydrogen-bond acceptors (Lipinski definition) is 5. The Balaban J connectivity index is 0.000000256. The maximum Gasteiger partial charge on any atom is 0.339 e. The number of carbonyl (C=O) groups excluding carboxylic acids is 3. The van der Waals surface area contributed by atoms with E-state index in [1.807, 2.05) is 73.1 Å². The van der Waals surface area contributed by atoms with Gasteiger partial charge in [0.25, 0.3) is 5.91 Å². The van der Waals surface area contributed by atoms with E-state index in [0.29, 0.717) is 17.9 Å². The van der Waals surface area contributed by atoms with Crippen LogP contribution >= 0.6 is 0 Å². The van der Waals surface area contributed by atoms with Gasteiger partial charge >= 0.3 is 5.97 Å². The van der Waals surface area contributed by atoms with Crippen LogP contribution in [0, 0.1) is 20.8 Å². The van der Waals surface area contributed by atoms with Crippen LogP contribution in [0.3, 0.4) is 0 Å². The standard InChI is InChI=1S/C19H23N3O3.C11H11NO/c1-6-25-19(24)16-11-17(15-9-7-12(2)8-10-15)22(13(16)3)14(4)18(23)21-20-5;1-8-7-12(9(2)13)11-6-4-3-5-10(8)11/h7-11,14H,5-6H2,1-4H3,(H,21,23);3-7H,1-2H3. The fraction of sp³-hybridized carbons (Fsp3) is 0.267. The summed E-state index contributed by atoms with van der Waals surface area (Å²) in [6.07, 6.45) is 1.88. The van der Waals surface area contributed by atoms with Crippen molar-refractivity contribution in [2.45, 2.75) is 47.6 Å². The Hall–Kier alpha value is -4.46. The van der Waals surface area contributed by atoms with Crippen molar-refractivity contribution in [1.82, 2.24) is 14.6 Å². The first-order valence-corrected chi connectivity index (χ1v) is 12.4. The molecule has 0 spiro atoms. The average Bonchev–Trinajstić information content (AvgIpc) is 3.42. The fourth-order valence-corrected chi connectivity index (χ4v) is 4.38. The van der Waals surface area contributed by atoms with E-state index in [1.165, 1.54) is 0 Å². The van der Waals surface area contributed by atoms with Crippen molar-refractivity contribution in [1.29, 1.82) is 0 Å². The molecule has 0 fully saturated rings. The number of nitrogens with one attached hydrogen (secondary N) is 1. The van der Waals surface area contributed by atoms with Gasteiger partial charge in [0.15, 0.2) is 0 Å². The molecule has 1 atom stereocenters. The predicted octanol–water partition coefficient (Wildman–Crippen LogP) is 5.85. The quantitative estimate of drug-likeness (QED) is 0.198. The molecule has 2 heterocycles. The average molecular weight is 515 g/mol. The highest BCUT2D eigenvalue weighted by Crippen LogP contribution is 2.30. The van der Waals surface area contributed by atoms with E-state index < -0.39 is 12.0 Å². The van der Waals surface area contributed by atoms with Crippen LogP contribution in [0.1, 0.15) is 58.8 Å². The minimum atomic E-state index is -0.565. The van der Waals surface area contributed by atoms with Crippen LogP contribution < -0.4 is 5.43 Å². The summed E-state index contributed by atoms with van der Waals surface area (Å²) in [4.78, 5) is 35.8. The lowest BCUT2D eigenvalue weighted by Crippen LogP contribution is -2.28. The first-order valence-electron chi connectivity index (χ1n) is 12.4. The van der Waals surface area contributed by atoms with E-state index in [4.69, 9.17) is 4.74 Å². The number of rotatable bonds is 6. The normalized spacial score (nSPS) is 11.3. The highest BCUT2D eigenvalue weighted by Gasteiger charge is 2.25. The zero-order chi connectivity index (χ0) is 28.0. The number of nitrogens with zero attached hydrogens (tertiary/aromatic N) is 3. The Bertz CT molecular complexity index is 1480. The maximum absolute atomic E-state index is 12.3. The number of aromatic nitrogens is 2. The van der Waals surface area contributed by atoms with Crippen LogP contribution in [-0.2, 0) is 9.53 Å². The maximum atomic E-state index is 12.3. The molecule has 0 aliphatic rings. The molecule has 0 bridgehead atoms. The number of benzene rings is 2. The molecule has 38 heavy (non-hydrogen) atoms. The van der Waals surface area contributed by atoms with Crippen molar-refractivity contribution in [2.24, 2.45) is 5.10 Å². The molecule has 0 aliphatic heterocycles. The molecule has 0 saturated carbocycles. The fourth-order valence-electron chi connectivity index (χ4n) is 4.38. The first-order chi connectivity index (χ1) is 18.1. The molecular weight excluding hydrogens is 480 g/mol. The summed E-state index contributed by atoms with van der Waals surface area (Å²) in [5.41, 5.74) is 8.43. The van der Waals surface area contributed by atoms with Crippen molar-refractivity contribution < 1.29 is 19.1 Å². The van der Waals surface area contributed by atoms with E-state index in [0.717, 1.165) is 33.3 Å². The van der Waals surface area contributed by atoms with Crippen LogP contribution in [0.15, 0.2) is 65.9 Å². The Labute approximate surface area is 222 Å². The van der Waals surface area contributed by atoms with Gasteiger partial charge < -0.3 is 9.30 Å². The third kappa shape index (κ3) is 5.91. The minimum Gasteiger partial charge on any atom is -0.462 e. The highest BCUT2D eigenvalue weighted by atomic mass is 16.5. The molecular formula is C30H34N4O4. The minimum absolute atomic E-state index is 0.0595.